The van der Waals surface area contributed by atoms with Crippen LogP contribution >= 0.6 is 0 Å². The van der Waals surface area contributed by atoms with Gasteiger partial charge in [-0.3, -0.25) is 0 Å². The van der Waals surface area contributed by atoms with Crippen LogP contribution in [0.25, 0.3) is 76.5 Å². The first kappa shape index (κ1) is 22.4. The van der Waals surface area contributed by atoms with Crippen LogP contribution in [0, 0.1) is 0 Å². The van der Waals surface area contributed by atoms with Gasteiger partial charge in [-0.25, -0.2) is 0 Å². The largest absolute Gasteiger partial charge is 0.456 e. The van der Waals surface area contributed by atoms with Crippen molar-refractivity contribution >= 4 is 43.1 Å². The SMILES string of the molecule is c1cc2c3c(cccc3c1)-c1cc(-c3ccc(-c4ccc5c(ccc6ccccc65)c4)c4ccccc34)ccc1O2. The van der Waals surface area contributed by atoms with Gasteiger partial charge in [-0.05, 0) is 89.8 Å². The standard InChI is InChI=1S/C40H24O/c1-2-10-30-25(7-1)15-16-27-23-28(17-19-31(27)30)32-20-21-33(35-12-4-3-11-34(32)35)29-18-22-38-37(24-29)36-13-5-8-26-9-6-14-39(41-38)40(26)36/h1-24H. The third kappa shape index (κ3) is 3.36. The first-order valence-electron chi connectivity index (χ1n) is 14.1. The number of hydrogen-bond donors (Lipinski definition) is 0. The van der Waals surface area contributed by atoms with Crippen molar-refractivity contribution in [3.05, 3.63) is 146 Å². The van der Waals surface area contributed by atoms with E-state index in [4.69, 9.17) is 4.74 Å². The first-order chi connectivity index (χ1) is 20.3. The van der Waals surface area contributed by atoms with Gasteiger partial charge in [0.15, 0.2) is 0 Å². The minimum Gasteiger partial charge on any atom is -0.456 e. The summed E-state index contributed by atoms with van der Waals surface area (Å²) in [4.78, 5) is 0. The van der Waals surface area contributed by atoms with Crippen LogP contribution in [0.5, 0.6) is 11.5 Å². The molecule has 41 heavy (non-hydrogen) atoms. The Morgan fingerprint density at radius 3 is 1.78 bits per heavy atom. The van der Waals surface area contributed by atoms with Gasteiger partial charge in [0.1, 0.15) is 11.5 Å². The smallest absolute Gasteiger partial charge is 0.135 e. The summed E-state index contributed by atoms with van der Waals surface area (Å²) < 4.78 is 6.37. The van der Waals surface area contributed by atoms with Crippen molar-refractivity contribution in [1.29, 1.82) is 0 Å². The molecule has 0 unspecified atom stereocenters. The maximum atomic E-state index is 6.37. The van der Waals surface area contributed by atoms with Crippen LogP contribution in [-0.2, 0) is 0 Å². The number of fused-ring (bicyclic) bond motifs is 6. The third-order valence-corrected chi connectivity index (χ3v) is 8.65. The Labute approximate surface area is 237 Å². The molecule has 1 heteroatoms. The number of rotatable bonds is 2. The van der Waals surface area contributed by atoms with E-state index in [-0.39, 0.29) is 0 Å². The van der Waals surface area contributed by atoms with E-state index in [2.05, 4.69) is 146 Å². The number of hydrogen-bond acceptors (Lipinski definition) is 1. The van der Waals surface area contributed by atoms with Gasteiger partial charge in [0.2, 0.25) is 0 Å². The molecule has 9 rings (SSSR count). The van der Waals surface area contributed by atoms with Crippen molar-refractivity contribution in [3.8, 4) is 44.9 Å². The molecular formula is C40H24O. The molecule has 1 aliphatic rings. The zero-order chi connectivity index (χ0) is 26.9. The van der Waals surface area contributed by atoms with Crippen LogP contribution in [0.2, 0.25) is 0 Å². The Bertz CT molecular complexity index is 2340. The summed E-state index contributed by atoms with van der Waals surface area (Å²) in [5.74, 6) is 1.83. The van der Waals surface area contributed by atoms with Gasteiger partial charge in [-0.15, -0.1) is 0 Å². The minimum atomic E-state index is 0.907. The highest BCUT2D eigenvalue weighted by Crippen LogP contribution is 2.48. The molecule has 1 nitrogen and oxygen atoms in total. The van der Waals surface area contributed by atoms with Gasteiger partial charge < -0.3 is 4.74 Å². The highest BCUT2D eigenvalue weighted by atomic mass is 16.5. The van der Waals surface area contributed by atoms with Gasteiger partial charge in [-0.1, -0.05) is 121 Å². The monoisotopic (exact) mass is 520 g/mol. The minimum absolute atomic E-state index is 0.907. The lowest BCUT2D eigenvalue weighted by Gasteiger charge is -2.22. The molecule has 1 aliphatic heterocycles. The second-order valence-electron chi connectivity index (χ2n) is 10.9. The summed E-state index contributed by atoms with van der Waals surface area (Å²) in [6.07, 6.45) is 0. The molecular weight excluding hydrogens is 496 g/mol. The molecule has 0 N–H and O–H groups in total. The van der Waals surface area contributed by atoms with Gasteiger partial charge in [0, 0.05) is 10.9 Å². The van der Waals surface area contributed by atoms with E-state index < -0.39 is 0 Å². The van der Waals surface area contributed by atoms with E-state index in [1.54, 1.807) is 0 Å². The maximum Gasteiger partial charge on any atom is 0.135 e. The average molecular weight is 521 g/mol. The predicted octanol–water partition coefficient (Wildman–Crippen LogP) is 11.4. The molecule has 0 radical (unpaired) electrons. The summed E-state index contributed by atoms with van der Waals surface area (Å²) in [6, 6.07) is 52.7. The predicted molar refractivity (Wildman–Crippen MR) is 173 cm³/mol. The second kappa shape index (κ2) is 8.55. The molecule has 0 aromatic heterocycles. The van der Waals surface area contributed by atoms with Gasteiger partial charge in [0.25, 0.3) is 0 Å². The van der Waals surface area contributed by atoms with Crippen molar-refractivity contribution in [2.75, 3.05) is 0 Å². The Morgan fingerprint density at radius 2 is 0.951 bits per heavy atom. The fraction of sp³-hybridized carbons (Fsp3) is 0. The van der Waals surface area contributed by atoms with Crippen LogP contribution in [0.1, 0.15) is 0 Å². The zero-order valence-corrected chi connectivity index (χ0v) is 22.3. The fourth-order valence-electron chi connectivity index (χ4n) is 6.71. The summed E-state index contributed by atoms with van der Waals surface area (Å²) in [7, 11) is 0. The van der Waals surface area contributed by atoms with E-state index in [0.717, 1.165) is 17.1 Å². The fourth-order valence-corrected chi connectivity index (χ4v) is 6.71. The zero-order valence-electron chi connectivity index (χ0n) is 22.3. The van der Waals surface area contributed by atoms with Crippen LogP contribution in [-0.4, -0.2) is 0 Å². The summed E-state index contributed by atoms with van der Waals surface area (Å²) in [5.41, 5.74) is 7.27. The van der Waals surface area contributed by atoms with Crippen LogP contribution < -0.4 is 4.74 Å². The summed E-state index contributed by atoms with van der Waals surface area (Å²) >= 11 is 0. The molecule has 0 amide bonds. The lowest BCUT2D eigenvalue weighted by molar-refractivity contribution is 0.487. The lowest BCUT2D eigenvalue weighted by Crippen LogP contribution is -1.97. The molecule has 0 saturated heterocycles. The van der Waals surface area contributed by atoms with Crippen LogP contribution in [0.4, 0.5) is 0 Å². The molecule has 8 aromatic carbocycles. The van der Waals surface area contributed by atoms with Crippen molar-refractivity contribution in [2.45, 2.75) is 0 Å². The topological polar surface area (TPSA) is 9.23 Å². The van der Waals surface area contributed by atoms with E-state index in [0.29, 0.717) is 0 Å². The third-order valence-electron chi connectivity index (χ3n) is 8.65. The van der Waals surface area contributed by atoms with Crippen molar-refractivity contribution in [3.63, 3.8) is 0 Å². The summed E-state index contributed by atoms with van der Waals surface area (Å²) in [6.45, 7) is 0. The summed E-state index contributed by atoms with van der Waals surface area (Å²) in [5, 5.41) is 10.0. The Hall–Kier alpha value is -5.40. The maximum absolute atomic E-state index is 6.37. The molecule has 0 saturated carbocycles. The van der Waals surface area contributed by atoms with E-state index in [9.17, 15) is 0 Å². The molecule has 0 spiro atoms. The molecule has 0 atom stereocenters. The Kier molecular flexibility index (Phi) is 4.67. The van der Waals surface area contributed by atoms with Crippen LogP contribution in [0.15, 0.2) is 146 Å². The molecule has 0 bridgehead atoms. The van der Waals surface area contributed by atoms with Gasteiger partial charge >= 0.3 is 0 Å². The molecule has 0 fully saturated rings. The van der Waals surface area contributed by atoms with E-state index in [1.165, 1.54) is 70.9 Å². The Balaban J connectivity index is 1.21. The molecule has 190 valence electrons. The van der Waals surface area contributed by atoms with Gasteiger partial charge in [-0.2, -0.15) is 0 Å². The second-order valence-corrected chi connectivity index (χ2v) is 10.9. The molecule has 8 aromatic rings. The van der Waals surface area contributed by atoms with Crippen molar-refractivity contribution < 1.29 is 4.74 Å². The number of benzene rings is 8. The van der Waals surface area contributed by atoms with E-state index in [1.807, 2.05) is 0 Å². The van der Waals surface area contributed by atoms with E-state index >= 15 is 0 Å². The quantitative estimate of drug-likeness (QED) is 0.206. The van der Waals surface area contributed by atoms with Crippen molar-refractivity contribution in [1.82, 2.24) is 0 Å². The number of ether oxygens (including phenoxy) is 1. The van der Waals surface area contributed by atoms with Crippen LogP contribution in [0.3, 0.4) is 0 Å². The molecule has 0 aliphatic carbocycles. The van der Waals surface area contributed by atoms with Crippen molar-refractivity contribution in [2.24, 2.45) is 0 Å². The lowest BCUT2D eigenvalue weighted by atomic mass is 9.89. The Morgan fingerprint density at radius 1 is 0.317 bits per heavy atom. The van der Waals surface area contributed by atoms with Gasteiger partial charge in [0.05, 0.1) is 0 Å². The normalized spacial score (nSPS) is 12.1. The highest BCUT2D eigenvalue weighted by molar-refractivity contribution is 6.11. The highest BCUT2D eigenvalue weighted by Gasteiger charge is 2.21. The average Bonchev–Trinajstić information content (AvgIpc) is 3.04. The molecule has 1 heterocycles. The first-order valence-corrected chi connectivity index (χ1v) is 14.1.